The molecule has 0 radical (unpaired) electrons. The number of pyridine rings is 1. The highest BCUT2D eigenvalue weighted by atomic mass is 35.5. The van der Waals surface area contributed by atoms with E-state index in [9.17, 15) is 19.2 Å². The first kappa shape index (κ1) is 21.7. The number of benzene rings is 2. The van der Waals surface area contributed by atoms with E-state index >= 15 is 0 Å². The van der Waals surface area contributed by atoms with E-state index in [1.54, 1.807) is 18.2 Å². The molecule has 1 N–H and O–H groups in total. The molecule has 2 aromatic carbocycles. The molecule has 0 saturated carbocycles. The first-order valence-corrected chi connectivity index (χ1v) is 10.2. The Balaban J connectivity index is 1.71. The maximum atomic E-state index is 13.3. The fourth-order valence-electron chi connectivity index (χ4n) is 3.43. The molecule has 0 spiro atoms. The van der Waals surface area contributed by atoms with Crippen molar-refractivity contribution in [2.75, 3.05) is 5.32 Å². The maximum absolute atomic E-state index is 13.3. The predicted molar refractivity (Wildman–Crippen MR) is 117 cm³/mol. The van der Waals surface area contributed by atoms with Gasteiger partial charge in [-0.3, -0.25) is 19.4 Å². The van der Waals surface area contributed by atoms with Gasteiger partial charge in [-0.15, -0.1) is 0 Å². The number of carbonyl (C=O) groups is 4. The molecule has 1 aliphatic heterocycles. The fraction of sp³-hybridized carbons (Fsp3) is 0.0870. The van der Waals surface area contributed by atoms with E-state index in [0.29, 0.717) is 10.6 Å². The van der Waals surface area contributed by atoms with Gasteiger partial charge in [0.25, 0.3) is 5.91 Å². The second-order valence-corrected chi connectivity index (χ2v) is 7.78. The van der Waals surface area contributed by atoms with Gasteiger partial charge in [-0.2, -0.15) is 0 Å². The topological polar surface area (TPSA) is 102 Å². The number of hydrogen-bond acceptors (Lipinski definition) is 6. The molecule has 0 bridgehead atoms. The molecule has 1 aliphatic rings. The van der Waals surface area contributed by atoms with Crippen LogP contribution in [0.15, 0.2) is 67.0 Å². The molecule has 1 aromatic heterocycles. The second kappa shape index (κ2) is 8.90. The summed E-state index contributed by atoms with van der Waals surface area (Å²) in [5, 5.41) is 2.86. The number of Topliss-reactive ketones (excluding diaryl/α,β-unsaturated/α-hetero) is 2. The molecule has 1 amide bonds. The first-order valence-electron chi connectivity index (χ1n) is 9.41. The number of ketones is 2. The molecule has 0 aliphatic carbocycles. The van der Waals surface area contributed by atoms with Crippen LogP contribution in [-0.2, 0) is 14.3 Å². The highest BCUT2D eigenvalue weighted by Gasteiger charge is 2.46. The van der Waals surface area contributed by atoms with Gasteiger partial charge in [0, 0.05) is 28.5 Å². The van der Waals surface area contributed by atoms with Gasteiger partial charge in [-0.1, -0.05) is 41.4 Å². The molecule has 4 rings (SSSR count). The number of amides is 1. The smallest absolute Gasteiger partial charge is 0.339 e. The summed E-state index contributed by atoms with van der Waals surface area (Å²) in [6.45, 7) is 0. The third-order valence-corrected chi connectivity index (χ3v) is 5.50. The van der Waals surface area contributed by atoms with Crippen LogP contribution >= 0.6 is 23.2 Å². The van der Waals surface area contributed by atoms with Crippen molar-refractivity contribution >= 4 is 52.3 Å². The number of carbonyl (C=O) groups excluding carboxylic acids is 4. The van der Waals surface area contributed by atoms with Gasteiger partial charge in [-0.05, 0) is 36.4 Å². The lowest BCUT2D eigenvalue weighted by molar-refractivity contribution is -0.138. The van der Waals surface area contributed by atoms with Gasteiger partial charge < -0.3 is 10.1 Å². The van der Waals surface area contributed by atoms with E-state index in [-0.39, 0.29) is 21.8 Å². The minimum atomic E-state index is -1.60. The minimum Gasteiger partial charge on any atom is -0.453 e. The number of nitrogens with zero attached hydrogens (tertiary/aromatic N) is 1. The summed E-state index contributed by atoms with van der Waals surface area (Å²) in [7, 11) is 0. The molecule has 9 heteroatoms. The number of nitrogens with one attached hydrogen (secondary N) is 1. The van der Waals surface area contributed by atoms with Crippen molar-refractivity contribution in [1.82, 2.24) is 4.98 Å². The van der Waals surface area contributed by atoms with Crippen molar-refractivity contribution in [3.63, 3.8) is 0 Å². The molecule has 3 aromatic rings. The van der Waals surface area contributed by atoms with Crippen LogP contribution in [0.25, 0.3) is 0 Å². The van der Waals surface area contributed by atoms with Gasteiger partial charge in [0.15, 0.2) is 5.78 Å². The number of anilines is 1. The summed E-state index contributed by atoms with van der Waals surface area (Å²) < 4.78 is 5.38. The number of fused-ring (bicyclic) bond motifs is 1. The Morgan fingerprint density at radius 1 is 1.00 bits per heavy atom. The normalized spacial score (nSPS) is 15.4. The molecule has 0 fully saturated rings. The van der Waals surface area contributed by atoms with Crippen LogP contribution < -0.4 is 5.32 Å². The number of ether oxygens (including phenoxy) is 1. The third kappa shape index (κ3) is 4.12. The Bertz CT molecular complexity index is 1250. The zero-order valence-corrected chi connectivity index (χ0v) is 17.8. The molecule has 160 valence electrons. The lowest BCUT2D eigenvalue weighted by Crippen LogP contribution is -2.38. The SMILES string of the molecule is O=C(Nc1ccc(Cl)cc1Cl)C(=O)[C@H](C(=O)c1ccncc1)[C@H]1OC(=O)c2ccccc21. The highest BCUT2D eigenvalue weighted by Crippen LogP contribution is 2.38. The Morgan fingerprint density at radius 2 is 1.72 bits per heavy atom. The van der Waals surface area contributed by atoms with E-state index in [0.717, 1.165) is 0 Å². The Morgan fingerprint density at radius 3 is 2.44 bits per heavy atom. The van der Waals surface area contributed by atoms with Crippen LogP contribution in [-0.4, -0.2) is 28.4 Å². The molecule has 2 heterocycles. The van der Waals surface area contributed by atoms with Crippen LogP contribution in [0.2, 0.25) is 10.0 Å². The molecule has 0 saturated heterocycles. The molecule has 0 unspecified atom stereocenters. The summed E-state index contributed by atoms with van der Waals surface area (Å²) in [5.41, 5.74) is 0.888. The number of halogens is 2. The van der Waals surface area contributed by atoms with E-state index in [1.165, 1.54) is 48.8 Å². The lowest BCUT2D eigenvalue weighted by Gasteiger charge is -2.21. The van der Waals surface area contributed by atoms with Crippen molar-refractivity contribution in [3.05, 3.63) is 93.7 Å². The Kier molecular flexibility index (Phi) is 6.03. The van der Waals surface area contributed by atoms with Crippen LogP contribution in [0.5, 0.6) is 0 Å². The fourth-order valence-corrected chi connectivity index (χ4v) is 3.88. The molecular formula is C23H14Cl2N2O5. The van der Waals surface area contributed by atoms with Crippen molar-refractivity contribution in [1.29, 1.82) is 0 Å². The number of aromatic nitrogens is 1. The van der Waals surface area contributed by atoms with Crippen LogP contribution in [0.4, 0.5) is 5.69 Å². The van der Waals surface area contributed by atoms with Gasteiger partial charge in [0.05, 0.1) is 16.3 Å². The molecule has 7 nitrogen and oxygen atoms in total. The van der Waals surface area contributed by atoms with Crippen molar-refractivity contribution in [2.24, 2.45) is 5.92 Å². The summed E-state index contributed by atoms with van der Waals surface area (Å²) in [4.78, 5) is 55.5. The quantitative estimate of drug-likeness (QED) is 0.250. The molecular weight excluding hydrogens is 455 g/mol. The maximum Gasteiger partial charge on any atom is 0.339 e. The Hall–Kier alpha value is -3.55. The number of hydrogen-bond donors (Lipinski definition) is 1. The number of cyclic esters (lactones) is 1. The summed E-state index contributed by atoms with van der Waals surface area (Å²) in [6, 6.07) is 13.6. The zero-order chi connectivity index (χ0) is 22.8. The second-order valence-electron chi connectivity index (χ2n) is 6.93. The van der Waals surface area contributed by atoms with Gasteiger partial charge >= 0.3 is 5.97 Å². The van der Waals surface area contributed by atoms with Crippen molar-refractivity contribution in [3.8, 4) is 0 Å². The summed E-state index contributed by atoms with van der Waals surface area (Å²) in [6.07, 6.45) is 1.52. The van der Waals surface area contributed by atoms with E-state index in [4.69, 9.17) is 27.9 Å². The monoisotopic (exact) mass is 468 g/mol. The van der Waals surface area contributed by atoms with E-state index in [2.05, 4.69) is 10.3 Å². The van der Waals surface area contributed by atoms with Crippen LogP contribution in [0.1, 0.15) is 32.4 Å². The van der Waals surface area contributed by atoms with Crippen LogP contribution in [0, 0.1) is 5.92 Å². The average molecular weight is 469 g/mol. The largest absolute Gasteiger partial charge is 0.453 e. The highest BCUT2D eigenvalue weighted by molar-refractivity contribution is 6.46. The average Bonchev–Trinajstić information content (AvgIpc) is 3.12. The predicted octanol–water partition coefficient (Wildman–Crippen LogP) is 4.31. The van der Waals surface area contributed by atoms with Gasteiger partial charge in [0.1, 0.15) is 12.0 Å². The summed E-state index contributed by atoms with van der Waals surface area (Å²) >= 11 is 11.9. The van der Waals surface area contributed by atoms with Crippen molar-refractivity contribution < 1.29 is 23.9 Å². The standard InChI is InChI=1S/C23H14Cl2N2O5/c24-13-5-6-17(16(25)11-13)27-22(30)20(29)18(19(28)12-7-9-26-10-8-12)21-14-3-1-2-4-15(14)23(31)32-21/h1-11,18,21H,(H,27,30)/t18-,21-/m0/s1. The van der Waals surface area contributed by atoms with Gasteiger partial charge in [0.2, 0.25) is 5.78 Å². The zero-order valence-electron chi connectivity index (χ0n) is 16.2. The van der Waals surface area contributed by atoms with Crippen LogP contribution in [0.3, 0.4) is 0 Å². The molecule has 2 atom stereocenters. The minimum absolute atomic E-state index is 0.119. The number of esters is 1. The lowest BCUT2D eigenvalue weighted by atomic mass is 9.85. The summed E-state index contributed by atoms with van der Waals surface area (Å²) in [5.74, 6) is -5.11. The van der Waals surface area contributed by atoms with E-state index in [1.807, 2.05) is 0 Å². The Labute approximate surface area is 192 Å². The van der Waals surface area contributed by atoms with Gasteiger partial charge in [-0.25, -0.2) is 4.79 Å². The van der Waals surface area contributed by atoms with E-state index < -0.39 is 35.5 Å². The number of rotatable bonds is 6. The third-order valence-electron chi connectivity index (χ3n) is 4.96. The van der Waals surface area contributed by atoms with Crippen molar-refractivity contribution in [2.45, 2.75) is 6.10 Å². The first-order chi connectivity index (χ1) is 15.4. The molecule has 32 heavy (non-hydrogen) atoms.